The number of amides is 2. The monoisotopic (exact) mass is 477 g/mol. The highest BCUT2D eigenvalue weighted by molar-refractivity contribution is 6.01. The predicted octanol–water partition coefficient (Wildman–Crippen LogP) is 3.61. The zero-order valence-corrected chi connectivity index (χ0v) is 20.4. The molecule has 1 unspecified atom stereocenters. The van der Waals surface area contributed by atoms with Crippen LogP contribution in [-0.2, 0) is 0 Å². The molecule has 1 aliphatic carbocycles. The average molecular weight is 478 g/mol. The smallest absolute Gasteiger partial charge is 0.255 e. The fraction of sp³-hybridized carbons (Fsp3) is 0.385. The highest BCUT2D eigenvalue weighted by atomic mass is 16.3. The van der Waals surface area contributed by atoms with Gasteiger partial charge in [0.2, 0.25) is 5.89 Å². The highest BCUT2D eigenvalue weighted by Crippen LogP contribution is 2.29. The van der Waals surface area contributed by atoms with Crippen molar-refractivity contribution in [1.82, 2.24) is 20.6 Å². The summed E-state index contributed by atoms with van der Waals surface area (Å²) in [5, 5.41) is 18.8. The van der Waals surface area contributed by atoms with Crippen molar-refractivity contribution in [3.05, 3.63) is 65.5 Å². The van der Waals surface area contributed by atoms with Crippen LogP contribution in [0.2, 0.25) is 0 Å². The van der Waals surface area contributed by atoms with Crippen molar-refractivity contribution in [2.24, 2.45) is 0 Å². The molecule has 4 N–H and O–H groups in total. The molecule has 0 radical (unpaired) electrons. The summed E-state index contributed by atoms with van der Waals surface area (Å²) in [6.07, 6.45) is 6.65. The summed E-state index contributed by atoms with van der Waals surface area (Å²) in [7, 11) is 0. The Morgan fingerprint density at radius 1 is 1.20 bits per heavy atom. The summed E-state index contributed by atoms with van der Waals surface area (Å²) in [6, 6.07) is 7.06. The molecule has 2 aromatic heterocycles. The number of anilines is 1. The molecule has 9 nitrogen and oxygen atoms in total. The number of carbonyl (C=O) groups is 2. The van der Waals surface area contributed by atoms with Crippen molar-refractivity contribution in [3.8, 4) is 11.1 Å². The van der Waals surface area contributed by atoms with E-state index < -0.39 is 11.6 Å². The van der Waals surface area contributed by atoms with Crippen LogP contribution in [0.4, 0.5) is 5.82 Å². The molecule has 0 spiro atoms. The molecule has 35 heavy (non-hydrogen) atoms. The average Bonchev–Trinajstić information content (AvgIpc) is 3.46. The van der Waals surface area contributed by atoms with Crippen molar-refractivity contribution < 1.29 is 19.1 Å². The molecular formula is C26H31N5O4. The summed E-state index contributed by atoms with van der Waals surface area (Å²) in [5.74, 6) is 0.243. The van der Waals surface area contributed by atoms with E-state index in [0.717, 1.165) is 24.0 Å². The Kier molecular flexibility index (Phi) is 6.88. The molecular weight excluding hydrogens is 446 g/mol. The summed E-state index contributed by atoms with van der Waals surface area (Å²) < 4.78 is 5.31. The van der Waals surface area contributed by atoms with Crippen LogP contribution in [0.25, 0.3) is 11.1 Å². The van der Waals surface area contributed by atoms with Gasteiger partial charge in [-0.2, -0.15) is 0 Å². The van der Waals surface area contributed by atoms with Crippen molar-refractivity contribution >= 4 is 17.6 Å². The van der Waals surface area contributed by atoms with Crippen LogP contribution in [0.5, 0.6) is 0 Å². The molecule has 2 amide bonds. The van der Waals surface area contributed by atoms with E-state index in [2.05, 4.69) is 25.9 Å². The van der Waals surface area contributed by atoms with Gasteiger partial charge < -0.3 is 25.5 Å². The first kappa shape index (κ1) is 24.4. The number of hydrogen-bond acceptors (Lipinski definition) is 7. The third-order valence-electron chi connectivity index (χ3n) is 5.88. The quantitative estimate of drug-likeness (QED) is 0.370. The minimum atomic E-state index is -0.700. The van der Waals surface area contributed by atoms with Gasteiger partial charge in [0.05, 0.1) is 23.9 Å². The van der Waals surface area contributed by atoms with Crippen molar-refractivity contribution in [2.45, 2.75) is 58.2 Å². The van der Waals surface area contributed by atoms with Gasteiger partial charge in [-0.3, -0.25) is 9.59 Å². The Bertz CT molecular complexity index is 1220. The minimum absolute atomic E-state index is 0.109. The van der Waals surface area contributed by atoms with Crippen LogP contribution in [0, 0.1) is 6.92 Å². The maximum absolute atomic E-state index is 13.3. The van der Waals surface area contributed by atoms with Crippen LogP contribution in [0.1, 0.15) is 71.8 Å². The number of aliphatic hydroxyl groups is 1. The molecule has 3 aromatic rings. The fourth-order valence-electron chi connectivity index (χ4n) is 3.60. The van der Waals surface area contributed by atoms with Gasteiger partial charge >= 0.3 is 0 Å². The molecule has 1 aliphatic rings. The Hall–Kier alpha value is -3.72. The SMILES string of the molecule is Cc1ccc(C(=O)NC2CC2)cc1-c1cnc(NC(C)(C)CO)c(C(=O)NC(C)c2ncco2)c1. The van der Waals surface area contributed by atoms with Gasteiger partial charge in [0.1, 0.15) is 18.1 Å². The first-order valence-corrected chi connectivity index (χ1v) is 11.7. The van der Waals surface area contributed by atoms with E-state index in [4.69, 9.17) is 4.42 Å². The van der Waals surface area contributed by atoms with E-state index in [-0.39, 0.29) is 24.5 Å². The van der Waals surface area contributed by atoms with Crippen LogP contribution in [0.15, 0.2) is 47.3 Å². The van der Waals surface area contributed by atoms with Crippen LogP contribution >= 0.6 is 0 Å². The molecule has 1 fully saturated rings. The highest BCUT2D eigenvalue weighted by Gasteiger charge is 2.25. The molecule has 0 aliphatic heterocycles. The third-order valence-corrected chi connectivity index (χ3v) is 5.88. The lowest BCUT2D eigenvalue weighted by atomic mass is 9.97. The Morgan fingerprint density at radius 2 is 1.97 bits per heavy atom. The second-order valence-electron chi connectivity index (χ2n) is 9.63. The second-order valence-corrected chi connectivity index (χ2v) is 9.63. The number of nitrogens with zero attached hydrogens (tertiary/aromatic N) is 2. The summed E-state index contributed by atoms with van der Waals surface area (Å²) in [6.45, 7) is 7.19. The van der Waals surface area contributed by atoms with Gasteiger partial charge in [-0.05, 0) is 69.9 Å². The number of benzene rings is 1. The lowest BCUT2D eigenvalue weighted by Crippen LogP contribution is -2.37. The number of aliphatic hydroxyl groups excluding tert-OH is 1. The molecule has 1 aromatic carbocycles. The number of aryl methyl sites for hydroxylation is 1. The van der Waals surface area contributed by atoms with Crippen molar-refractivity contribution in [3.63, 3.8) is 0 Å². The number of hydrogen-bond donors (Lipinski definition) is 4. The lowest BCUT2D eigenvalue weighted by Gasteiger charge is -2.26. The normalized spacial score (nSPS) is 14.3. The molecule has 0 saturated heterocycles. The number of carbonyl (C=O) groups excluding carboxylic acids is 2. The lowest BCUT2D eigenvalue weighted by molar-refractivity contribution is 0.0931. The van der Waals surface area contributed by atoms with Gasteiger partial charge in [-0.15, -0.1) is 0 Å². The number of oxazole rings is 1. The minimum Gasteiger partial charge on any atom is -0.447 e. The molecule has 1 saturated carbocycles. The molecule has 1 atom stereocenters. The zero-order chi connectivity index (χ0) is 25.2. The number of rotatable bonds is 9. The zero-order valence-electron chi connectivity index (χ0n) is 20.4. The molecule has 184 valence electrons. The van der Waals surface area contributed by atoms with E-state index in [1.165, 1.54) is 12.5 Å². The van der Waals surface area contributed by atoms with Crippen LogP contribution < -0.4 is 16.0 Å². The number of nitrogens with one attached hydrogen (secondary N) is 3. The van der Waals surface area contributed by atoms with Crippen molar-refractivity contribution in [1.29, 1.82) is 0 Å². The summed E-state index contributed by atoms with van der Waals surface area (Å²) >= 11 is 0. The third kappa shape index (κ3) is 5.86. The van der Waals surface area contributed by atoms with Crippen LogP contribution in [0.3, 0.4) is 0 Å². The predicted molar refractivity (Wildman–Crippen MR) is 132 cm³/mol. The Balaban J connectivity index is 1.69. The van der Waals surface area contributed by atoms with Gasteiger partial charge in [-0.1, -0.05) is 6.07 Å². The van der Waals surface area contributed by atoms with Gasteiger partial charge in [0.15, 0.2) is 0 Å². The maximum Gasteiger partial charge on any atom is 0.255 e. The Labute approximate surface area is 204 Å². The topological polar surface area (TPSA) is 129 Å². The maximum atomic E-state index is 13.3. The molecule has 9 heteroatoms. The Morgan fingerprint density at radius 3 is 2.63 bits per heavy atom. The van der Waals surface area contributed by atoms with E-state index in [1.807, 2.05) is 32.9 Å². The van der Waals surface area contributed by atoms with E-state index in [1.54, 1.807) is 25.3 Å². The van der Waals surface area contributed by atoms with E-state index in [0.29, 0.717) is 28.4 Å². The molecule has 2 heterocycles. The number of aromatic nitrogens is 2. The summed E-state index contributed by atoms with van der Waals surface area (Å²) in [5.41, 5.74) is 2.62. The summed E-state index contributed by atoms with van der Waals surface area (Å²) in [4.78, 5) is 34.6. The fourth-order valence-corrected chi connectivity index (χ4v) is 3.60. The molecule has 4 rings (SSSR count). The van der Waals surface area contributed by atoms with Gasteiger partial charge in [0.25, 0.3) is 11.8 Å². The van der Waals surface area contributed by atoms with E-state index in [9.17, 15) is 14.7 Å². The standard InChI is InChI=1S/C26H31N5O4/c1-15-5-6-17(23(33)30-19-7-8-19)11-20(15)18-12-21(22(28-13-18)31-26(3,4)14-32)24(34)29-16(2)25-27-9-10-35-25/h5-6,9-13,16,19,32H,7-8,14H2,1-4H3,(H,28,31)(H,29,34)(H,30,33). The van der Waals surface area contributed by atoms with Gasteiger partial charge in [-0.25, -0.2) is 9.97 Å². The molecule has 0 bridgehead atoms. The van der Waals surface area contributed by atoms with Crippen molar-refractivity contribution in [2.75, 3.05) is 11.9 Å². The van der Waals surface area contributed by atoms with E-state index >= 15 is 0 Å². The second kappa shape index (κ2) is 9.87. The largest absolute Gasteiger partial charge is 0.447 e. The van der Waals surface area contributed by atoms with Crippen LogP contribution in [-0.4, -0.2) is 45.1 Å². The first-order valence-electron chi connectivity index (χ1n) is 11.7. The van der Waals surface area contributed by atoms with Gasteiger partial charge in [0, 0.05) is 23.4 Å². The first-order chi connectivity index (χ1) is 16.7. The number of pyridine rings is 1.